The zero-order chi connectivity index (χ0) is 40.5. The molecule has 0 unspecified atom stereocenters. The van der Waals surface area contributed by atoms with Gasteiger partial charge in [-0.05, 0) is 59.9 Å². The molecule has 1 aliphatic heterocycles. The number of likely N-dealkylation sites (tertiary alicyclic amines) is 1. The molecule has 1 saturated heterocycles. The fraction of sp³-hybridized carbons (Fsp3) is 0.256. The van der Waals surface area contributed by atoms with Crippen molar-refractivity contribution in [1.82, 2.24) is 25.8 Å². The van der Waals surface area contributed by atoms with E-state index in [1.807, 2.05) is 54.6 Å². The van der Waals surface area contributed by atoms with E-state index in [4.69, 9.17) is 10.5 Å². The van der Waals surface area contributed by atoms with E-state index in [1.165, 1.54) is 36.1 Å². The molecule has 1 aliphatic rings. The summed E-state index contributed by atoms with van der Waals surface area (Å²) in [5.74, 6) is -3.79. The summed E-state index contributed by atoms with van der Waals surface area (Å²) in [4.78, 5) is 85.3. The number of para-hydroxylation sites is 2. The summed E-state index contributed by atoms with van der Waals surface area (Å²) >= 11 is 0. The van der Waals surface area contributed by atoms with Crippen molar-refractivity contribution in [3.63, 3.8) is 0 Å². The zero-order valence-corrected chi connectivity index (χ0v) is 31.3. The molecule has 0 saturated carbocycles. The minimum absolute atomic E-state index is 0.00688. The molecule has 5 amide bonds. The Morgan fingerprint density at radius 1 is 0.789 bits per heavy atom. The first-order valence-electron chi connectivity index (χ1n) is 18.6. The fourth-order valence-electron chi connectivity index (χ4n) is 7.05. The minimum atomic E-state index is -1.18. The Labute approximate surface area is 328 Å². The van der Waals surface area contributed by atoms with Gasteiger partial charge in [-0.25, -0.2) is 0 Å². The molecule has 1 aromatic heterocycles. The number of primary amides is 1. The third-order valence-corrected chi connectivity index (χ3v) is 9.88. The van der Waals surface area contributed by atoms with E-state index in [2.05, 4.69) is 20.9 Å². The predicted molar refractivity (Wildman–Crippen MR) is 211 cm³/mol. The van der Waals surface area contributed by atoms with Gasteiger partial charge >= 0.3 is 5.97 Å². The maximum absolute atomic E-state index is 14.4. The molecule has 4 aromatic carbocycles. The van der Waals surface area contributed by atoms with Crippen LogP contribution in [0.5, 0.6) is 11.5 Å². The first-order valence-corrected chi connectivity index (χ1v) is 18.6. The monoisotopic (exact) mass is 772 g/mol. The summed E-state index contributed by atoms with van der Waals surface area (Å²) in [5, 5.41) is 19.1. The van der Waals surface area contributed by atoms with Crippen LogP contribution in [0.25, 0.3) is 10.9 Å². The number of H-pyrrole nitrogens is 1. The van der Waals surface area contributed by atoms with Crippen LogP contribution in [0, 0.1) is 0 Å². The number of rotatable bonds is 15. The first kappa shape index (κ1) is 39.7. The topological polar surface area (TPSA) is 213 Å². The molecule has 0 aliphatic carbocycles. The van der Waals surface area contributed by atoms with E-state index < -0.39 is 59.7 Å². The first-order chi connectivity index (χ1) is 27.5. The Morgan fingerprint density at radius 3 is 2.19 bits per heavy atom. The maximum Gasteiger partial charge on any atom is 0.308 e. The molecule has 5 aromatic rings. The van der Waals surface area contributed by atoms with Crippen LogP contribution in [0.2, 0.25) is 0 Å². The largest absolute Gasteiger partial charge is 0.508 e. The minimum Gasteiger partial charge on any atom is -0.508 e. The molecular weight excluding hydrogens is 729 g/mol. The number of aromatic hydroxyl groups is 1. The molecule has 57 heavy (non-hydrogen) atoms. The van der Waals surface area contributed by atoms with E-state index in [9.17, 15) is 33.9 Å². The van der Waals surface area contributed by atoms with E-state index in [1.54, 1.807) is 30.5 Å². The molecule has 294 valence electrons. The second kappa shape index (κ2) is 18.1. The number of benzene rings is 4. The predicted octanol–water partition coefficient (Wildman–Crippen LogP) is 3.07. The molecule has 0 spiro atoms. The summed E-state index contributed by atoms with van der Waals surface area (Å²) in [5.41, 5.74) is 8.74. The molecule has 0 radical (unpaired) electrons. The Kier molecular flexibility index (Phi) is 12.6. The summed E-state index contributed by atoms with van der Waals surface area (Å²) in [6, 6.07) is 24.5. The van der Waals surface area contributed by atoms with Crippen LogP contribution >= 0.6 is 0 Å². The lowest BCUT2D eigenvalue weighted by molar-refractivity contribution is -0.141. The van der Waals surface area contributed by atoms with Crippen LogP contribution in [-0.4, -0.2) is 81.2 Å². The number of phenolic OH excluding ortho intramolecular Hbond substituents is 1. The van der Waals surface area contributed by atoms with Gasteiger partial charge in [0.15, 0.2) is 0 Å². The maximum atomic E-state index is 14.4. The molecule has 1 fully saturated rings. The van der Waals surface area contributed by atoms with Crippen molar-refractivity contribution in [2.45, 2.75) is 63.2 Å². The Bertz CT molecular complexity index is 2260. The summed E-state index contributed by atoms with van der Waals surface area (Å²) in [6.07, 6.45) is 2.72. The van der Waals surface area contributed by atoms with Gasteiger partial charge in [-0.2, -0.15) is 0 Å². The molecule has 14 heteroatoms. The molecule has 14 nitrogen and oxygen atoms in total. The summed E-state index contributed by atoms with van der Waals surface area (Å²) in [7, 11) is 0. The summed E-state index contributed by atoms with van der Waals surface area (Å²) in [6.45, 7) is 1.41. The van der Waals surface area contributed by atoms with Crippen LogP contribution in [0.1, 0.15) is 46.8 Å². The van der Waals surface area contributed by atoms with Crippen molar-refractivity contribution >= 4 is 46.4 Å². The molecule has 2 heterocycles. The van der Waals surface area contributed by atoms with Crippen molar-refractivity contribution in [2.75, 3.05) is 6.54 Å². The second-order valence-corrected chi connectivity index (χ2v) is 14.0. The van der Waals surface area contributed by atoms with Gasteiger partial charge < -0.3 is 41.4 Å². The van der Waals surface area contributed by atoms with Gasteiger partial charge in [-0.3, -0.25) is 28.8 Å². The zero-order valence-electron chi connectivity index (χ0n) is 31.3. The lowest BCUT2D eigenvalue weighted by Gasteiger charge is -2.30. The quantitative estimate of drug-likeness (QED) is 0.0686. The average molecular weight is 773 g/mol. The van der Waals surface area contributed by atoms with Crippen LogP contribution in [0.3, 0.4) is 0 Å². The number of carbonyl (C=O) groups excluding carboxylic acids is 6. The van der Waals surface area contributed by atoms with Crippen LogP contribution in [0.15, 0.2) is 109 Å². The van der Waals surface area contributed by atoms with Crippen LogP contribution in [0.4, 0.5) is 0 Å². The van der Waals surface area contributed by atoms with Gasteiger partial charge in [0.05, 0.1) is 5.56 Å². The number of hydrogen-bond donors (Lipinski definition) is 6. The van der Waals surface area contributed by atoms with Crippen LogP contribution in [-0.2, 0) is 43.2 Å². The number of fused-ring (bicyclic) bond motifs is 1. The highest BCUT2D eigenvalue weighted by Crippen LogP contribution is 2.24. The van der Waals surface area contributed by atoms with Gasteiger partial charge in [0, 0.05) is 49.8 Å². The standard InChI is InChI=1S/C43H44N6O8/c1-26(50)57-38-16-8-6-13-32(38)40(53)48-36(23-28-17-19-30(51)20-18-28)43(56)49-21-9-15-37(49)42(55)47-35(24-29-25-45-33-14-7-5-12-31(29)33)41(54)46-34(39(44)52)22-27-10-3-2-4-11-27/h2-8,10-14,16-20,25,34-37,45,51H,9,15,21-24H2,1H3,(H2,44,52)(H,46,54)(H,47,55)(H,48,53)/t34-,35-,36-,37-/m0/s1. The number of amides is 5. The fourth-order valence-corrected chi connectivity index (χ4v) is 7.05. The van der Waals surface area contributed by atoms with Gasteiger partial charge in [-0.15, -0.1) is 0 Å². The number of esters is 1. The lowest BCUT2D eigenvalue weighted by Crippen LogP contribution is -2.58. The van der Waals surface area contributed by atoms with Crippen molar-refractivity contribution < 1.29 is 38.6 Å². The SMILES string of the molecule is CC(=O)Oc1ccccc1C(=O)N[C@@H](Cc1ccc(O)cc1)C(=O)N1CCC[C@H]1C(=O)N[C@@H](Cc1c[nH]c2ccccc12)C(=O)N[C@@H](Cc1ccccc1)C(N)=O. The van der Waals surface area contributed by atoms with Gasteiger partial charge in [0.25, 0.3) is 5.91 Å². The van der Waals surface area contributed by atoms with E-state index >= 15 is 0 Å². The van der Waals surface area contributed by atoms with E-state index in [0.717, 1.165) is 22.0 Å². The van der Waals surface area contributed by atoms with Crippen LogP contribution < -0.4 is 26.4 Å². The number of hydrogen-bond acceptors (Lipinski definition) is 8. The molecule has 0 bridgehead atoms. The number of aromatic amines is 1. The molecule has 6 rings (SSSR count). The number of nitrogens with two attached hydrogens (primary N) is 1. The number of aromatic nitrogens is 1. The number of phenols is 1. The third-order valence-electron chi connectivity index (χ3n) is 9.88. The van der Waals surface area contributed by atoms with E-state index in [0.29, 0.717) is 12.0 Å². The number of ether oxygens (including phenoxy) is 1. The third kappa shape index (κ3) is 10.0. The number of nitrogens with one attached hydrogen (secondary N) is 4. The molecule has 7 N–H and O–H groups in total. The lowest BCUT2D eigenvalue weighted by atomic mass is 10.0. The van der Waals surface area contributed by atoms with Crippen molar-refractivity contribution in [3.05, 3.63) is 132 Å². The second-order valence-electron chi connectivity index (χ2n) is 14.0. The van der Waals surface area contributed by atoms with Crippen molar-refractivity contribution in [2.24, 2.45) is 5.73 Å². The molecule has 4 atom stereocenters. The highest BCUT2D eigenvalue weighted by atomic mass is 16.5. The van der Waals surface area contributed by atoms with Crippen molar-refractivity contribution in [3.8, 4) is 11.5 Å². The Morgan fingerprint density at radius 2 is 1.46 bits per heavy atom. The van der Waals surface area contributed by atoms with E-state index in [-0.39, 0.29) is 49.3 Å². The number of nitrogens with zero attached hydrogens (tertiary/aromatic N) is 1. The average Bonchev–Trinajstić information content (AvgIpc) is 3.86. The summed E-state index contributed by atoms with van der Waals surface area (Å²) < 4.78 is 5.24. The van der Waals surface area contributed by atoms with Gasteiger partial charge in [-0.1, -0.05) is 72.8 Å². The Hall–Kier alpha value is -6.96. The highest BCUT2D eigenvalue weighted by Gasteiger charge is 2.39. The van der Waals surface area contributed by atoms with Crippen molar-refractivity contribution in [1.29, 1.82) is 0 Å². The molecular formula is C43H44N6O8. The Balaban J connectivity index is 1.25. The normalized spacial score (nSPS) is 15.2. The van der Waals surface area contributed by atoms with Gasteiger partial charge in [0.1, 0.15) is 35.7 Å². The smallest absolute Gasteiger partial charge is 0.308 e. The highest BCUT2D eigenvalue weighted by molar-refractivity contribution is 6.01. The number of carbonyl (C=O) groups is 6. The van der Waals surface area contributed by atoms with Gasteiger partial charge in [0.2, 0.25) is 23.6 Å².